The summed E-state index contributed by atoms with van der Waals surface area (Å²) < 4.78 is 0.416. The summed E-state index contributed by atoms with van der Waals surface area (Å²) in [5.74, 6) is -2.13. The molecule has 0 saturated carbocycles. The maximum atomic E-state index is 12.8. The Bertz CT molecular complexity index is 836. The minimum atomic E-state index is -0.826. The number of anilines is 1. The number of amides is 2. The number of imide groups is 1. The van der Waals surface area contributed by atoms with Gasteiger partial charge in [-0.05, 0) is 86.2 Å². The molecule has 28 heavy (non-hydrogen) atoms. The van der Waals surface area contributed by atoms with Crippen LogP contribution in [0.1, 0.15) is 56.4 Å². The smallest absolute Gasteiger partial charge is 0.306 e. The Morgan fingerprint density at radius 3 is 1.89 bits per heavy atom. The summed E-state index contributed by atoms with van der Waals surface area (Å²) in [5, 5.41) is 9.56. The Hall–Kier alpha value is -1.47. The fraction of sp³-hybridized carbons (Fsp3) is 0.476. The van der Waals surface area contributed by atoms with Crippen molar-refractivity contribution in [3.05, 3.63) is 37.3 Å². The van der Waals surface area contributed by atoms with E-state index < -0.39 is 23.7 Å². The van der Waals surface area contributed by atoms with E-state index in [1.54, 1.807) is 0 Å². The molecule has 1 heterocycles. The summed E-state index contributed by atoms with van der Waals surface area (Å²) in [6, 6.07) is 2.03. The zero-order valence-corrected chi connectivity index (χ0v) is 19.7. The standard InChI is InChI=1S/C21H25Br2NO4/c1-5-11-9-12(6-2)18(24-19(25)16(22)17(23)20(24)26)14(8-4)15(11)10-13(7-3)21(27)28/h9,13H,5-8,10H2,1-4H3,(H,27,28). The van der Waals surface area contributed by atoms with Crippen LogP contribution in [0, 0.1) is 5.92 Å². The van der Waals surface area contributed by atoms with Gasteiger partial charge in [0.25, 0.3) is 11.8 Å². The second-order valence-electron chi connectivity index (χ2n) is 6.78. The van der Waals surface area contributed by atoms with E-state index in [0.29, 0.717) is 31.4 Å². The molecular formula is C21H25Br2NO4. The molecule has 1 aliphatic heterocycles. The van der Waals surface area contributed by atoms with Crippen molar-refractivity contribution in [3.63, 3.8) is 0 Å². The maximum Gasteiger partial charge on any atom is 0.306 e. The molecule has 1 atom stereocenters. The van der Waals surface area contributed by atoms with Gasteiger partial charge in [-0.15, -0.1) is 0 Å². The Kier molecular flexibility index (Phi) is 7.62. The largest absolute Gasteiger partial charge is 0.481 e. The molecule has 0 aliphatic carbocycles. The van der Waals surface area contributed by atoms with Gasteiger partial charge in [-0.3, -0.25) is 14.4 Å². The first-order valence-corrected chi connectivity index (χ1v) is 11.1. The van der Waals surface area contributed by atoms with Crippen LogP contribution in [0.4, 0.5) is 5.69 Å². The predicted octanol–water partition coefficient (Wildman–Crippen LogP) is 4.90. The van der Waals surface area contributed by atoms with Crippen molar-refractivity contribution in [2.45, 2.75) is 59.8 Å². The Labute approximate surface area is 182 Å². The predicted molar refractivity (Wildman–Crippen MR) is 117 cm³/mol. The SMILES string of the molecule is CCc1cc(CC)c(N2C(=O)C(Br)=C(Br)C2=O)c(CC)c1CC(CC)C(=O)O. The van der Waals surface area contributed by atoms with E-state index in [1.807, 2.05) is 33.8 Å². The summed E-state index contributed by atoms with van der Waals surface area (Å²) in [5.41, 5.74) is 4.46. The van der Waals surface area contributed by atoms with Gasteiger partial charge in [0, 0.05) is 0 Å². The average Bonchev–Trinajstić information content (AvgIpc) is 2.87. The van der Waals surface area contributed by atoms with Gasteiger partial charge in [0.2, 0.25) is 0 Å². The van der Waals surface area contributed by atoms with Crippen molar-refractivity contribution in [1.82, 2.24) is 0 Å². The van der Waals surface area contributed by atoms with Crippen LogP contribution in [0.25, 0.3) is 0 Å². The Balaban J connectivity index is 2.75. The van der Waals surface area contributed by atoms with Crippen molar-refractivity contribution in [2.24, 2.45) is 5.92 Å². The van der Waals surface area contributed by atoms with Crippen LogP contribution in [0.3, 0.4) is 0 Å². The fourth-order valence-corrected chi connectivity index (χ4v) is 4.42. The molecule has 0 spiro atoms. The number of hydrogen-bond donors (Lipinski definition) is 1. The topological polar surface area (TPSA) is 74.7 Å². The molecule has 152 valence electrons. The van der Waals surface area contributed by atoms with E-state index in [1.165, 1.54) is 4.90 Å². The molecule has 2 rings (SSSR count). The third-order valence-electron chi connectivity index (χ3n) is 5.30. The molecule has 5 nitrogen and oxygen atoms in total. The summed E-state index contributed by atoms with van der Waals surface area (Å²) >= 11 is 6.40. The first-order chi connectivity index (χ1) is 13.2. The van der Waals surface area contributed by atoms with Crippen LogP contribution in [0.5, 0.6) is 0 Å². The molecule has 0 fully saturated rings. The van der Waals surface area contributed by atoms with E-state index in [9.17, 15) is 19.5 Å². The highest BCUT2D eigenvalue weighted by Gasteiger charge is 2.39. The number of hydrogen-bond acceptors (Lipinski definition) is 3. The third-order valence-corrected chi connectivity index (χ3v) is 7.30. The number of rotatable bonds is 8. The summed E-state index contributed by atoms with van der Waals surface area (Å²) in [6.07, 6.45) is 2.94. The van der Waals surface area contributed by atoms with Crippen LogP contribution in [0.15, 0.2) is 15.0 Å². The molecule has 1 aromatic rings. The normalized spacial score (nSPS) is 15.6. The zero-order valence-electron chi connectivity index (χ0n) is 16.6. The van der Waals surface area contributed by atoms with Gasteiger partial charge in [-0.1, -0.05) is 33.8 Å². The quantitative estimate of drug-likeness (QED) is 0.500. The van der Waals surface area contributed by atoms with Crippen molar-refractivity contribution in [3.8, 4) is 0 Å². The van der Waals surface area contributed by atoms with Crippen LogP contribution in [-0.2, 0) is 40.1 Å². The van der Waals surface area contributed by atoms with Gasteiger partial charge < -0.3 is 5.11 Å². The molecule has 2 amide bonds. The van der Waals surface area contributed by atoms with Gasteiger partial charge in [0.05, 0.1) is 11.6 Å². The minimum Gasteiger partial charge on any atom is -0.481 e. The van der Waals surface area contributed by atoms with Gasteiger partial charge in [-0.25, -0.2) is 4.90 Å². The van der Waals surface area contributed by atoms with Crippen molar-refractivity contribution < 1.29 is 19.5 Å². The highest BCUT2D eigenvalue weighted by molar-refractivity contribution is 9.14. The van der Waals surface area contributed by atoms with Crippen molar-refractivity contribution in [1.29, 1.82) is 0 Å². The third kappa shape index (κ3) is 3.96. The first kappa shape index (κ1) is 22.8. The van der Waals surface area contributed by atoms with Crippen LogP contribution < -0.4 is 4.90 Å². The molecule has 1 aromatic carbocycles. The van der Waals surface area contributed by atoms with Gasteiger partial charge >= 0.3 is 5.97 Å². The van der Waals surface area contributed by atoms with E-state index in [-0.39, 0.29) is 8.96 Å². The van der Waals surface area contributed by atoms with Crippen molar-refractivity contribution in [2.75, 3.05) is 4.90 Å². The molecule has 0 saturated heterocycles. The molecule has 0 aromatic heterocycles. The van der Waals surface area contributed by atoms with Crippen LogP contribution in [-0.4, -0.2) is 22.9 Å². The lowest BCUT2D eigenvalue weighted by molar-refractivity contribution is -0.141. The number of aryl methyl sites for hydroxylation is 2. The number of carboxylic acids is 1. The van der Waals surface area contributed by atoms with Crippen LogP contribution >= 0.6 is 31.9 Å². The fourth-order valence-electron chi connectivity index (χ4n) is 3.73. The lowest BCUT2D eigenvalue weighted by Gasteiger charge is -2.27. The molecule has 0 bridgehead atoms. The molecule has 1 aliphatic rings. The minimum absolute atomic E-state index is 0.208. The van der Waals surface area contributed by atoms with E-state index in [4.69, 9.17) is 0 Å². The second kappa shape index (κ2) is 9.35. The Morgan fingerprint density at radius 2 is 1.50 bits per heavy atom. The highest BCUT2D eigenvalue weighted by atomic mass is 79.9. The highest BCUT2D eigenvalue weighted by Crippen LogP contribution is 2.40. The summed E-state index contributed by atoms with van der Waals surface area (Å²) in [6.45, 7) is 7.88. The van der Waals surface area contributed by atoms with Gasteiger partial charge in [0.15, 0.2) is 0 Å². The number of carbonyl (C=O) groups is 3. The molecular weight excluding hydrogens is 490 g/mol. The molecule has 7 heteroatoms. The lowest BCUT2D eigenvalue weighted by Crippen LogP contribution is -2.33. The number of nitrogens with zero attached hydrogens (tertiary/aromatic N) is 1. The zero-order chi connectivity index (χ0) is 21.2. The number of carbonyl (C=O) groups excluding carboxylic acids is 2. The molecule has 1 N–H and O–H groups in total. The second-order valence-corrected chi connectivity index (χ2v) is 8.37. The van der Waals surface area contributed by atoms with Gasteiger partial charge in [-0.2, -0.15) is 0 Å². The van der Waals surface area contributed by atoms with E-state index >= 15 is 0 Å². The van der Waals surface area contributed by atoms with Crippen molar-refractivity contribution >= 4 is 55.3 Å². The van der Waals surface area contributed by atoms with E-state index in [2.05, 4.69) is 31.9 Å². The summed E-state index contributed by atoms with van der Waals surface area (Å²) in [4.78, 5) is 38.5. The van der Waals surface area contributed by atoms with E-state index in [0.717, 1.165) is 28.7 Å². The van der Waals surface area contributed by atoms with Crippen LogP contribution in [0.2, 0.25) is 0 Å². The molecule has 0 radical (unpaired) electrons. The number of halogens is 2. The summed E-state index contributed by atoms with van der Waals surface area (Å²) in [7, 11) is 0. The number of carboxylic acid groups (broad SMARTS) is 1. The molecule has 1 unspecified atom stereocenters. The average molecular weight is 515 g/mol. The number of aliphatic carboxylic acids is 1. The Morgan fingerprint density at radius 1 is 0.964 bits per heavy atom. The number of benzene rings is 1. The van der Waals surface area contributed by atoms with Gasteiger partial charge in [0.1, 0.15) is 8.96 Å². The first-order valence-electron chi connectivity index (χ1n) is 9.56. The maximum absolute atomic E-state index is 12.8. The lowest BCUT2D eigenvalue weighted by atomic mass is 9.85. The monoisotopic (exact) mass is 513 g/mol.